The van der Waals surface area contributed by atoms with E-state index in [0.29, 0.717) is 11.9 Å². The summed E-state index contributed by atoms with van der Waals surface area (Å²) in [5.74, 6) is 1.03. The Balaban J connectivity index is 1.08. The van der Waals surface area contributed by atoms with E-state index in [1.807, 2.05) is 11.8 Å². The molecule has 2 aliphatic heterocycles. The third-order valence-electron chi connectivity index (χ3n) is 13.5. The summed E-state index contributed by atoms with van der Waals surface area (Å²) < 4.78 is 4.83. The van der Waals surface area contributed by atoms with Crippen LogP contribution in [-0.2, 0) is 5.41 Å². The van der Waals surface area contributed by atoms with Gasteiger partial charge < -0.3 is 4.57 Å². The molecule has 60 heavy (non-hydrogen) atoms. The minimum Gasteiger partial charge on any atom is -0.309 e. The first-order chi connectivity index (χ1) is 29.8. The molecule has 0 radical (unpaired) electrons. The number of aromatic nitrogens is 4. The Kier molecular flexibility index (Phi) is 6.51. The third kappa shape index (κ3) is 4.17. The number of benzene rings is 7. The van der Waals surface area contributed by atoms with E-state index in [-0.39, 0.29) is 0 Å². The first-order valence-corrected chi connectivity index (χ1v) is 21.6. The standard InChI is InChI=1S/C55H34N4S/c1-2-15-34-30-35(29-28-33(34)14-1)52-39-18-3-8-23-45(39)56-54(57-52)59-47-25-10-5-17-37(47)40-31-44-51(32-49(40)59)60-50-27-12-7-21-42(50)55(44)41-20-6-11-26-48(41)58-46-24-9-4-16-36(46)38-19-13-22-43(55)53(38)58/h1-14,16-32,34H,15H2. The summed E-state index contributed by atoms with van der Waals surface area (Å²) in [6, 6.07) is 56.2. The average Bonchev–Trinajstić information content (AvgIpc) is 3.82. The fourth-order valence-corrected chi connectivity index (χ4v) is 12.2. The molecule has 1 spiro atoms. The van der Waals surface area contributed by atoms with Gasteiger partial charge in [0.2, 0.25) is 5.95 Å². The van der Waals surface area contributed by atoms with Crippen molar-refractivity contribution in [1.29, 1.82) is 0 Å². The number of fused-ring (bicyclic) bond motifs is 16. The quantitative estimate of drug-likeness (QED) is 0.175. The van der Waals surface area contributed by atoms with Gasteiger partial charge in [-0.25, -0.2) is 9.97 Å². The van der Waals surface area contributed by atoms with Crippen molar-refractivity contribution in [1.82, 2.24) is 19.1 Å². The first-order valence-electron chi connectivity index (χ1n) is 20.8. The largest absolute Gasteiger partial charge is 0.309 e. The summed E-state index contributed by atoms with van der Waals surface area (Å²) >= 11 is 1.88. The Morgan fingerprint density at radius 3 is 2.17 bits per heavy atom. The molecule has 280 valence electrons. The maximum absolute atomic E-state index is 5.52. The van der Waals surface area contributed by atoms with Crippen LogP contribution in [0.3, 0.4) is 0 Å². The van der Waals surface area contributed by atoms with Crippen molar-refractivity contribution in [3.05, 3.63) is 222 Å². The topological polar surface area (TPSA) is 35.6 Å². The maximum atomic E-state index is 5.52. The zero-order valence-electron chi connectivity index (χ0n) is 32.4. The van der Waals surface area contributed by atoms with Gasteiger partial charge in [-0.1, -0.05) is 157 Å². The van der Waals surface area contributed by atoms with Gasteiger partial charge in [-0.15, -0.1) is 0 Å². The number of rotatable bonds is 2. The fraction of sp³-hybridized carbons (Fsp3) is 0.0545. The molecule has 0 fully saturated rings. The lowest BCUT2D eigenvalue weighted by atomic mass is 9.62. The number of nitrogens with zero attached hydrogens (tertiary/aromatic N) is 4. The molecule has 0 saturated heterocycles. The predicted molar refractivity (Wildman–Crippen MR) is 247 cm³/mol. The van der Waals surface area contributed by atoms with Crippen molar-refractivity contribution in [2.24, 2.45) is 5.92 Å². The zero-order valence-corrected chi connectivity index (χ0v) is 33.2. The van der Waals surface area contributed by atoms with Crippen LogP contribution >= 0.6 is 11.8 Å². The Labute approximate surface area is 350 Å². The minimum absolute atomic E-state index is 0.344. The molecule has 7 aromatic carbocycles. The van der Waals surface area contributed by atoms with Gasteiger partial charge in [0.05, 0.1) is 44.4 Å². The SMILES string of the molecule is C1=CCC2C=C(c3nc(-n4c5ccccc5c5cc6c(cc54)Sc4ccccc4C64c5ccccc5-n5c6ccccc6c6cccc4c65)nc4ccccc34)C=CC2=C1. The number of para-hydroxylation sites is 5. The van der Waals surface area contributed by atoms with E-state index in [1.165, 1.54) is 75.9 Å². The van der Waals surface area contributed by atoms with Crippen molar-refractivity contribution in [2.75, 3.05) is 0 Å². The molecule has 14 rings (SSSR count). The van der Waals surface area contributed by atoms with Gasteiger partial charge >= 0.3 is 0 Å². The highest BCUT2D eigenvalue weighted by Crippen LogP contribution is 2.61. The molecule has 2 aliphatic carbocycles. The lowest BCUT2D eigenvalue weighted by Crippen LogP contribution is -2.37. The highest BCUT2D eigenvalue weighted by molar-refractivity contribution is 7.99. The van der Waals surface area contributed by atoms with Crippen LogP contribution in [0.4, 0.5) is 0 Å². The Morgan fingerprint density at radius 2 is 1.27 bits per heavy atom. The molecule has 4 aliphatic rings. The molecule has 2 atom stereocenters. The molecule has 0 N–H and O–H groups in total. The summed E-state index contributed by atoms with van der Waals surface area (Å²) in [5, 5.41) is 6.00. The van der Waals surface area contributed by atoms with Crippen LogP contribution in [0.15, 0.2) is 203 Å². The van der Waals surface area contributed by atoms with Gasteiger partial charge in [0.25, 0.3) is 0 Å². The van der Waals surface area contributed by atoms with Crippen LogP contribution in [0.2, 0.25) is 0 Å². The molecular formula is C55H34N4S. The van der Waals surface area contributed by atoms with E-state index in [0.717, 1.165) is 39.6 Å². The summed E-state index contributed by atoms with van der Waals surface area (Å²) in [7, 11) is 0. The second-order valence-electron chi connectivity index (χ2n) is 16.4. The van der Waals surface area contributed by atoms with Crippen LogP contribution < -0.4 is 0 Å². The van der Waals surface area contributed by atoms with Crippen molar-refractivity contribution in [3.8, 4) is 11.6 Å². The molecule has 5 heteroatoms. The smallest absolute Gasteiger partial charge is 0.235 e. The van der Waals surface area contributed by atoms with E-state index >= 15 is 0 Å². The number of hydrogen-bond acceptors (Lipinski definition) is 3. The van der Waals surface area contributed by atoms with Crippen LogP contribution in [0.5, 0.6) is 0 Å². The monoisotopic (exact) mass is 782 g/mol. The van der Waals surface area contributed by atoms with Crippen molar-refractivity contribution in [3.63, 3.8) is 0 Å². The van der Waals surface area contributed by atoms with Gasteiger partial charge in [0, 0.05) is 42.6 Å². The summed E-state index contributed by atoms with van der Waals surface area (Å²) in [6.45, 7) is 0. The normalized spacial score (nSPS) is 18.5. The van der Waals surface area contributed by atoms with E-state index < -0.39 is 5.41 Å². The summed E-state index contributed by atoms with van der Waals surface area (Å²) in [6.07, 6.45) is 14.5. The fourth-order valence-electron chi connectivity index (χ4n) is 11.0. The maximum Gasteiger partial charge on any atom is 0.235 e. The number of allylic oxidation sites excluding steroid dienone is 8. The molecule has 3 aromatic heterocycles. The van der Waals surface area contributed by atoms with E-state index in [4.69, 9.17) is 9.97 Å². The first kappa shape index (κ1) is 32.7. The second kappa shape index (κ2) is 11.9. The van der Waals surface area contributed by atoms with Gasteiger partial charge in [-0.05, 0) is 82.3 Å². The minimum atomic E-state index is -0.566. The van der Waals surface area contributed by atoms with Crippen LogP contribution in [0, 0.1) is 5.92 Å². The molecule has 10 aromatic rings. The summed E-state index contributed by atoms with van der Waals surface area (Å²) in [5.41, 5.74) is 15.0. The van der Waals surface area contributed by atoms with Gasteiger partial charge in [-0.3, -0.25) is 4.57 Å². The highest BCUT2D eigenvalue weighted by Gasteiger charge is 2.49. The Bertz CT molecular complexity index is 3690. The van der Waals surface area contributed by atoms with Crippen molar-refractivity contribution < 1.29 is 0 Å². The van der Waals surface area contributed by atoms with Gasteiger partial charge in [0.1, 0.15) is 0 Å². The molecular weight excluding hydrogens is 749 g/mol. The molecule has 4 nitrogen and oxygen atoms in total. The predicted octanol–water partition coefficient (Wildman–Crippen LogP) is 13.4. The average molecular weight is 783 g/mol. The molecule has 5 heterocycles. The van der Waals surface area contributed by atoms with Gasteiger partial charge in [-0.2, -0.15) is 0 Å². The Hall–Kier alpha value is -7.21. The van der Waals surface area contributed by atoms with Crippen molar-refractivity contribution in [2.45, 2.75) is 21.6 Å². The van der Waals surface area contributed by atoms with E-state index in [2.05, 4.69) is 197 Å². The third-order valence-corrected chi connectivity index (χ3v) is 14.6. The molecule has 0 bridgehead atoms. The Morgan fingerprint density at radius 1 is 0.550 bits per heavy atom. The van der Waals surface area contributed by atoms with E-state index in [9.17, 15) is 0 Å². The van der Waals surface area contributed by atoms with Crippen LogP contribution in [0.1, 0.15) is 34.4 Å². The number of hydrogen-bond donors (Lipinski definition) is 0. The highest BCUT2D eigenvalue weighted by atomic mass is 32.2. The van der Waals surface area contributed by atoms with E-state index in [1.54, 1.807) is 0 Å². The molecule has 0 saturated carbocycles. The van der Waals surface area contributed by atoms with Crippen LogP contribution in [0.25, 0.3) is 71.7 Å². The molecule has 0 amide bonds. The van der Waals surface area contributed by atoms with Crippen LogP contribution in [-0.4, -0.2) is 19.1 Å². The summed E-state index contributed by atoms with van der Waals surface area (Å²) in [4.78, 5) is 13.4. The second-order valence-corrected chi connectivity index (χ2v) is 17.5. The van der Waals surface area contributed by atoms with Gasteiger partial charge in [0.15, 0.2) is 0 Å². The lowest BCUT2D eigenvalue weighted by molar-refractivity contribution is 0.691. The molecule has 2 unspecified atom stereocenters. The zero-order chi connectivity index (χ0) is 39.1. The van der Waals surface area contributed by atoms with Crippen molar-refractivity contribution >= 4 is 71.8 Å². The lowest BCUT2D eigenvalue weighted by Gasteiger charge is -2.45.